The largest absolute Gasteiger partial charge is 0.309 e. The maximum Gasteiger partial charge on any atom is 0.238 e. The molecule has 57 heavy (non-hydrogen) atoms. The van der Waals surface area contributed by atoms with E-state index in [1.165, 1.54) is 25.6 Å². The predicted molar refractivity (Wildman–Crippen MR) is 238 cm³/mol. The number of thiophene rings is 1. The van der Waals surface area contributed by atoms with Crippen molar-refractivity contribution < 1.29 is 0 Å². The third-order valence-electron chi connectivity index (χ3n) is 11.2. The first-order chi connectivity index (χ1) is 28.3. The second-order valence-electron chi connectivity index (χ2n) is 14.4. The van der Waals surface area contributed by atoms with Gasteiger partial charge >= 0.3 is 0 Å². The van der Waals surface area contributed by atoms with Crippen LogP contribution in [0.1, 0.15) is 0 Å². The number of fused-ring (bicyclic) bond motifs is 10. The molecular weight excluding hydrogens is 715 g/mol. The first-order valence-electron chi connectivity index (χ1n) is 19.1. The highest BCUT2D eigenvalue weighted by Gasteiger charge is 2.23. The summed E-state index contributed by atoms with van der Waals surface area (Å²) in [6.45, 7) is 0. The molecular formula is C51H31N5S. The lowest BCUT2D eigenvalue weighted by atomic mass is 10.0. The highest BCUT2D eigenvalue weighted by molar-refractivity contribution is 7.25. The molecule has 0 aliphatic carbocycles. The minimum Gasteiger partial charge on any atom is -0.309 e. The molecule has 0 aliphatic heterocycles. The molecule has 5 nitrogen and oxygen atoms in total. The number of rotatable bonds is 5. The fraction of sp³-hybridized carbons (Fsp3) is 0. The van der Waals surface area contributed by atoms with Crippen molar-refractivity contribution in [2.75, 3.05) is 0 Å². The number of benzene rings is 8. The zero-order valence-corrected chi connectivity index (χ0v) is 31.4. The van der Waals surface area contributed by atoms with Crippen LogP contribution in [0.3, 0.4) is 0 Å². The van der Waals surface area contributed by atoms with E-state index in [-0.39, 0.29) is 0 Å². The summed E-state index contributed by atoms with van der Waals surface area (Å²) < 4.78 is 7.10. The maximum atomic E-state index is 5.40. The topological polar surface area (TPSA) is 48.5 Å². The van der Waals surface area contributed by atoms with Gasteiger partial charge in [-0.25, -0.2) is 4.98 Å². The van der Waals surface area contributed by atoms with Crippen LogP contribution in [-0.2, 0) is 0 Å². The third kappa shape index (κ3) is 4.98. The van der Waals surface area contributed by atoms with Crippen LogP contribution >= 0.6 is 11.3 Å². The van der Waals surface area contributed by atoms with Gasteiger partial charge in [0.25, 0.3) is 0 Å². The maximum absolute atomic E-state index is 5.40. The standard InChI is InChI=1S/C51H31N5S/c1-3-14-32(15-4-1)33-16-13-17-34(30-33)49-52-50(35-26-27-39-38-21-9-12-25-45(38)57-46(39)31-35)54-51(53-49)56-42-23-10-7-20-37(42)40-28-29-44-47(48(40)56)41-22-8-11-24-43(41)55(44)36-18-5-2-6-19-36/h1-31H. The van der Waals surface area contributed by atoms with Crippen LogP contribution < -0.4 is 0 Å². The molecule has 0 fully saturated rings. The van der Waals surface area contributed by atoms with Crippen LogP contribution in [0.25, 0.3) is 109 Å². The van der Waals surface area contributed by atoms with Crippen molar-refractivity contribution in [3.05, 3.63) is 188 Å². The van der Waals surface area contributed by atoms with Gasteiger partial charge in [0.05, 0.1) is 22.1 Å². The number of nitrogens with zero attached hydrogens (tertiary/aromatic N) is 5. The molecule has 266 valence electrons. The van der Waals surface area contributed by atoms with E-state index < -0.39 is 0 Å². The number of para-hydroxylation sites is 3. The summed E-state index contributed by atoms with van der Waals surface area (Å²) in [7, 11) is 0. The minimum absolute atomic E-state index is 0.576. The first-order valence-corrected chi connectivity index (χ1v) is 19.9. The highest BCUT2D eigenvalue weighted by Crippen LogP contribution is 2.42. The molecule has 0 bridgehead atoms. The van der Waals surface area contributed by atoms with Crippen molar-refractivity contribution >= 4 is 75.1 Å². The van der Waals surface area contributed by atoms with Gasteiger partial charge in [-0.3, -0.25) is 4.57 Å². The summed E-state index contributed by atoms with van der Waals surface area (Å²) in [5, 5.41) is 7.13. The average Bonchev–Trinajstić information content (AvgIpc) is 3.94. The molecule has 0 amide bonds. The summed E-state index contributed by atoms with van der Waals surface area (Å²) in [5.74, 6) is 1.82. The smallest absolute Gasteiger partial charge is 0.238 e. The molecule has 0 aliphatic rings. The van der Waals surface area contributed by atoms with E-state index in [1.807, 2.05) is 6.07 Å². The van der Waals surface area contributed by atoms with Crippen molar-refractivity contribution in [3.63, 3.8) is 0 Å². The SMILES string of the molecule is c1ccc(-c2cccc(-c3nc(-c4ccc5c(c4)sc4ccccc45)nc(-n4c5ccccc5c5ccc6c(c7ccccc7n6-c6ccccc6)c54)n3)c2)cc1. The van der Waals surface area contributed by atoms with Crippen molar-refractivity contribution in [1.29, 1.82) is 0 Å². The molecule has 0 saturated carbocycles. The van der Waals surface area contributed by atoms with Crippen LogP contribution in [-0.4, -0.2) is 24.1 Å². The van der Waals surface area contributed by atoms with E-state index in [0.29, 0.717) is 17.6 Å². The Morgan fingerprint density at radius 2 is 0.947 bits per heavy atom. The third-order valence-corrected chi connectivity index (χ3v) is 12.3. The second-order valence-corrected chi connectivity index (χ2v) is 15.5. The molecule has 12 aromatic rings. The Bertz CT molecular complexity index is 3520. The van der Waals surface area contributed by atoms with Crippen molar-refractivity contribution in [2.24, 2.45) is 0 Å². The summed E-state index contributed by atoms with van der Waals surface area (Å²) in [6, 6.07) is 66.6. The van der Waals surface area contributed by atoms with Gasteiger partial charge < -0.3 is 4.57 Å². The number of aromatic nitrogens is 5. The molecule has 0 unspecified atom stereocenters. The second kappa shape index (κ2) is 12.6. The molecule has 4 aromatic heterocycles. The Hall–Kier alpha value is -7.41. The Morgan fingerprint density at radius 3 is 1.75 bits per heavy atom. The summed E-state index contributed by atoms with van der Waals surface area (Å²) in [4.78, 5) is 16.1. The summed E-state index contributed by atoms with van der Waals surface area (Å²) in [5.41, 5.74) is 9.62. The molecule has 0 N–H and O–H groups in total. The van der Waals surface area contributed by atoms with Gasteiger partial charge in [-0.1, -0.05) is 140 Å². The molecule has 6 heteroatoms. The normalized spacial score (nSPS) is 11.9. The Kier molecular flexibility index (Phi) is 7.03. The molecule has 0 spiro atoms. The van der Waals surface area contributed by atoms with Gasteiger partial charge in [0.1, 0.15) is 0 Å². The first kappa shape index (κ1) is 31.9. The monoisotopic (exact) mass is 745 g/mol. The van der Waals surface area contributed by atoms with Crippen LogP contribution in [0.2, 0.25) is 0 Å². The van der Waals surface area contributed by atoms with E-state index in [9.17, 15) is 0 Å². The molecule has 0 radical (unpaired) electrons. The van der Waals surface area contributed by atoms with E-state index in [2.05, 4.69) is 191 Å². The molecule has 0 atom stereocenters. The number of hydrogen-bond acceptors (Lipinski definition) is 4. The van der Waals surface area contributed by atoms with Crippen molar-refractivity contribution in [2.45, 2.75) is 0 Å². The van der Waals surface area contributed by atoms with E-state index in [1.54, 1.807) is 11.3 Å². The zero-order chi connectivity index (χ0) is 37.5. The summed E-state index contributed by atoms with van der Waals surface area (Å²) >= 11 is 1.80. The number of hydrogen-bond donors (Lipinski definition) is 0. The average molecular weight is 746 g/mol. The van der Waals surface area contributed by atoms with Gasteiger partial charge in [0.15, 0.2) is 11.6 Å². The minimum atomic E-state index is 0.576. The Balaban J connectivity index is 1.18. The lowest BCUT2D eigenvalue weighted by Crippen LogP contribution is -2.06. The van der Waals surface area contributed by atoms with E-state index in [4.69, 9.17) is 15.0 Å². The molecule has 12 rings (SSSR count). The van der Waals surface area contributed by atoms with Crippen LogP contribution in [0.5, 0.6) is 0 Å². The fourth-order valence-electron chi connectivity index (χ4n) is 8.63. The van der Waals surface area contributed by atoms with Gasteiger partial charge in [-0.2, -0.15) is 9.97 Å². The van der Waals surface area contributed by atoms with Crippen molar-refractivity contribution in [3.8, 4) is 45.5 Å². The lowest BCUT2D eigenvalue weighted by Gasteiger charge is -2.12. The Morgan fingerprint density at radius 1 is 0.351 bits per heavy atom. The van der Waals surface area contributed by atoms with Crippen molar-refractivity contribution in [1.82, 2.24) is 24.1 Å². The van der Waals surface area contributed by atoms with Crippen LogP contribution in [0, 0.1) is 0 Å². The molecule has 4 heterocycles. The van der Waals surface area contributed by atoms with Crippen LogP contribution in [0.15, 0.2) is 188 Å². The Labute approximate surface area is 331 Å². The van der Waals surface area contributed by atoms with E-state index in [0.717, 1.165) is 66.2 Å². The van der Waals surface area contributed by atoms with E-state index >= 15 is 0 Å². The van der Waals surface area contributed by atoms with Gasteiger partial charge in [-0.15, -0.1) is 11.3 Å². The van der Waals surface area contributed by atoms with Gasteiger partial charge in [0.2, 0.25) is 5.95 Å². The molecule has 8 aromatic carbocycles. The fourth-order valence-corrected chi connectivity index (χ4v) is 9.77. The predicted octanol–water partition coefficient (Wildman–Crippen LogP) is 13.4. The highest BCUT2D eigenvalue weighted by atomic mass is 32.1. The van der Waals surface area contributed by atoms with Gasteiger partial charge in [0, 0.05) is 58.5 Å². The quantitative estimate of drug-likeness (QED) is 0.176. The van der Waals surface area contributed by atoms with Gasteiger partial charge in [-0.05, 0) is 59.7 Å². The van der Waals surface area contributed by atoms with Crippen LogP contribution in [0.4, 0.5) is 0 Å². The molecule has 0 saturated heterocycles. The zero-order valence-electron chi connectivity index (χ0n) is 30.5. The summed E-state index contributed by atoms with van der Waals surface area (Å²) in [6.07, 6.45) is 0. The lowest BCUT2D eigenvalue weighted by molar-refractivity contribution is 0.955.